The van der Waals surface area contributed by atoms with Crippen molar-refractivity contribution in [1.82, 2.24) is 0 Å². The van der Waals surface area contributed by atoms with Crippen molar-refractivity contribution >= 4 is 5.97 Å². The molecule has 1 aliphatic rings. The zero-order chi connectivity index (χ0) is 22.8. The molecule has 1 atom stereocenters. The Morgan fingerprint density at radius 1 is 1.06 bits per heavy atom. The van der Waals surface area contributed by atoms with E-state index >= 15 is 0 Å². The van der Waals surface area contributed by atoms with Crippen LogP contribution in [0.15, 0.2) is 42.5 Å². The molecule has 0 aliphatic heterocycles. The van der Waals surface area contributed by atoms with Crippen molar-refractivity contribution in [3.63, 3.8) is 0 Å². The number of rotatable bonds is 11. The van der Waals surface area contributed by atoms with Crippen molar-refractivity contribution in [2.45, 2.75) is 78.2 Å². The fourth-order valence-corrected chi connectivity index (χ4v) is 5.07. The fourth-order valence-electron chi connectivity index (χ4n) is 5.07. The Bertz CT molecular complexity index is 851. The maximum absolute atomic E-state index is 12.4. The van der Waals surface area contributed by atoms with Gasteiger partial charge in [0.05, 0.1) is 19.3 Å². The molecule has 32 heavy (non-hydrogen) atoms. The van der Waals surface area contributed by atoms with Gasteiger partial charge >= 0.3 is 5.97 Å². The number of esters is 1. The Hall–Kier alpha value is -2.13. The molecule has 0 amide bonds. The van der Waals surface area contributed by atoms with Gasteiger partial charge in [-0.2, -0.15) is 0 Å². The van der Waals surface area contributed by atoms with Crippen molar-refractivity contribution in [3.8, 4) is 11.1 Å². The van der Waals surface area contributed by atoms with Crippen molar-refractivity contribution in [3.05, 3.63) is 59.2 Å². The van der Waals surface area contributed by atoms with E-state index in [9.17, 15) is 4.79 Å². The van der Waals surface area contributed by atoms with Crippen LogP contribution in [0.3, 0.4) is 0 Å². The number of carbonyl (C=O) groups excluding carboxylic acids is 1. The van der Waals surface area contributed by atoms with Gasteiger partial charge in [-0.25, -0.2) is 4.79 Å². The molecular weight excluding hydrogens is 396 g/mol. The molecular formula is C29H40O3. The van der Waals surface area contributed by atoms with Gasteiger partial charge in [0.25, 0.3) is 0 Å². The highest BCUT2D eigenvalue weighted by molar-refractivity contribution is 5.97. The van der Waals surface area contributed by atoms with Crippen LogP contribution < -0.4 is 0 Å². The zero-order valence-corrected chi connectivity index (χ0v) is 20.2. The predicted molar refractivity (Wildman–Crippen MR) is 132 cm³/mol. The number of hydrogen-bond acceptors (Lipinski definition) is 3. The number of aryl methyl sites for hydroxylation is 1. The van der Waals surface area contributed by atoms with Gasteiger partial charge in [-0.05, 0) is 66.0 Å². The molecule has 0 bridgehead atoms. The quantitative estimate of drug-likeness (QED) is 0.338. The fraction of sp³-hybridized carbons (Fsp3) is 0.552. The van der Waals surface area contributed by atoms with Crippen LogP contribution in [-0.4, -0.2) is 19.7 Å². The SMILES string of the molecule is CCCC[C@@H](COCc1ccc(C(=O)OC)c(-c2ccccc2C)c1)CC1CCCCC1. The third-order valence-corrected chi connectivity index (χ3v) is 6.90. The number of benzene rings is 2. The largest absolute Gasteiger partial charge is 0.465 e. The molecule has 1 aliphatic carbocycles. The molecule has 0 saturated heterocycles. The van der Waals surface area contributed by atoms with Gasteiger partial charge in [0.15, 0.2) is 0 Å². The average molecular weight is 437 g/mol. The standard InChI is InChI=1S/C29H40O3/c1-4-5-12-24(18-23-13-7-6-8-14-23)20-32-21-25-16-17-27(29(30)31-3)28(19-25)26-15-10-9-11-22(26)2/h9-11,15-17,19,23-24H,4-8,12-14,18,20-21H2,1-3H3/t24-/m1/s1. The summed E-state index contributed by atoms with van der Waals surface area (Å²) in [5, 5.41) is 0. The first kappa shape index (κ1) is 24.5. The minimum atomic E-state index is -0.303. The molecule has 0 N–H and O–H groups in total. The maximum atomic E-state index is 12.4. The molecule has 2 aromatic rings. The summed E-state index contributed by atoms with van der Waals surface area (Å²) in [4.78, 5) is 12.4. The van der Waals surface area contributed by atoms with E-state index in [1.54, 1.807) is 0 Å². The molecule has 0 unspecified atom stereocenters. The molecule has 1 fully saturated rings. The Balaban J connectivity index is 1.68. The summed E-state index contributed by atoms with van der Waals surface area (Å²) in [7, 11) is 1.43. The molecule has 0 spiro atoms. The molecule has 2 aromatic carbocycles. The maximum Gasteiger partial charge on any atom is 0.338 e. The highest BCUT2D eigenvalue weighted by atomic mass is 16.5. The molecule has 0 aromatic heterocycles. The molecule has 1 saturated carbocycles. The smallest absolute Gasteiger partial charge is 0.338 e. The van der Waals surface area contributed by atoms with E-state index in [1.807, 2.05) is 24.3 Å². The Morgan fingerprint density at radius 2 is 1.84 bits per heavy atom. The summed E-state index contributed by atoms with van der Waals surface area (Å²) in [5.74, 6) is 1.24. The molecule has 3 nitrogen and oxygen atoms in total. The van der Waals surface area contributed by atoms with Crippen LogP contribution in [0.4, 0.5) is 0 Å². The molecule has 3 rings (SSSR count). The average Bonchev–Trinajstić information content (AvgIpc) is 2.83. The number of hydrogen-bond donors (Lipinski definition) is 0. The van der Waals surface area contributed by atoms with Crippen molar-refractivity contribution in [2.24, 2.45) is 11.8 Å². The summed E-state index contributed by atoms with van der Waals surface area (Å²) in [6, 6.07) is 14.1. The van der Waals surface area contributed by atoms with Crippen LogP contribution >= 0.6 is 0 Å². The Kier molecular flexibility index (Phi) is 9.80. The highest BCUT2D eigenvalue weighted by Crippen LogP contribution is 2.32. The normalized spacial score (nSPS) is 15.5. The van der Waals surface area contributed by atoms with E-state index < -0.39 is 0 Å². The van der Waals surface area contributed by atoms with Gasteiger partial charge in [0.2, 0.25) is 0 Å². The number of ether oxygens (including phenoxy) is 2. The lowest BCUT2D eigenvalue weighted by atomic mass is 9.81. The third kappa shape index (κ3) is 6.93. The molecule has 0 heterocycles. The lowest BCUT2D eigenvalue weighted by Crippen LogP contribution is -2.17. The second-order valence-corrected chi connectivity index (χ2v) is 9.45. The number of methoxy groups -OCH3 is 1. The van der Waals surface area contributed by atoms with Gasteiger partial charge < -0.3 is 9.47 Å². The summed E-state index contributed by atoms with van der Waals surface area (Å²) >= 11 is 0. The lowest BCUT2D eigenvalue weighted by Gasteiger charge is -2.26. The monoisotopic (exact) mass is 436 g/mol. The van der Waals surface area contributed by atoms with E-state index in [0.29, 0.717) is 18.1 Å². The highest BCUT2D eigenvalue weighted by Gasteiger charge is 2.20. The van der Waals surface area contributed by atoms with Crippen molar-refractivity contribution in [1.29, 1.82) is 0 Å². The summed E-state index contributed by atoms with van der Waals surface area (Å²) < 4.78 is 11.3. The first-order valence-corrected chi connectivity index (χ1v) is 12.5. The second-order valence-electron chi connectivity index (χ2n) is 9.45. The van der Waals surface area contributed by atoms with Gasteiger partial charge in [-0.1, -0.05) is 82.2 Å². The van der Waals surface area contributed by atoms with E-state index in [4.69, 9.17) is 9.47 Å². The topological polar surface area (TPSA) is 35.5 Å². The summed E-state index contributed by atoms with van der Waals surface area (Å²) in [5.41, 5.74) is 4.82. The zero-order valence-electron chi connectivity index (χ0n) is 20.2. The van der Waals surface area contributed by atoms with Gasteiger partial charge in [-0.15, -0.1) is 0 Å². The van der Waals surface area contributed by atoms with Gasteiger partial charge in [0.1, 0.15) is 0 Å². The summed E-state index contributed by atoms with van der Waals surface area (Å²) in [6.07, 6.45) is 12.1. The minimum Gasteiger partial charge on any atom is -0.465 e. The van der Waals surface area contributed by atoms with Crippen LogP contribution in [0.2, 0.25) is 0 Å². The first-order valence-electron chi connectivity index (χ1n) is 12.5. The van der Waals surface area contributed by atoms with Crippen LogP contribution in [-0.2, 0) is 16.1 Å². The van der Waals surface area contributed by atoms with E-state index in [2.05, 4.69) is 32.0 Å². The van der Waals surface area contributed by atoms with E-state index in [1.165, 1.54) is 64.9 Å². The van der Waals surface area contributed by atoms with Gasteiger partial charge in [0, 0.05) is 6.61 Å². The summed E-state index contributed by atoms with van der Waals surface area (Å²) in [6.45, 7) is 5.75. The van der Waals surface area contributed by atoms with Crippen LogP contribution in [0.5, 0.6) is 0 Å². The lowest BCUT2D eigenvalue weighted by molar-refractivity contribution is 0.0601. The Morgan fingerprint density at radius 3 is 2.56 bits per heavy atom. The first-order chi connectivity index (χ1) is 15.6. The van der Waals surface area contributed by atoms with Crippen LogP contribution in [0, 0.1) is 18.8 Å². The van der Waals surface area contributed by atoms with Crippen molar-refractivity contribution in [2.75, 3.05) is 13.7 Å². The van der Waals surface area contributed by atoms with Crippen molar-refractivity contribution < 1.29 is 14.3 Å². The molecule has 174 valence electrons. The third-order valence-electron chi connectivity index (χ3n) is 6.90. The second kappa shape index (κ2) is 12.8. The van der Waals surface area contributed by atoms with Gasteiger partial charge in [-0.3, -0.25) is 0 Å². The minimum absolute atomic E-state index is 0.303. The number of carbonyl (C=O) groups is 1. The molecule has 3 heteroatoms. The van der Waals surface area contributed by atoms with Crippen LogP contribution in [0.25, 0.3) is 11.1 Å². The van der Waals surface area contributed by atoms with E-state index in [0.717, 1.165) is 34.8 Å². The predicted octanol–water partition coefficient (Wildman–Crippen LogP) is 7.74. The number of unbranched alkanes of at least 4 members (excludes halogenated alkanes) is 1. The molecule has 0 radical (unpaired) electrons. The van der Waals surface area contributed by atoms with E-state index in [-0.39, 0.29) is 5.97 Å². The van der Waals surface area contributed by atoms with Crippen LogP contribution in [0.1, 0.15) is 86.2 Å². The Labute approximate surface area is 194 Å².